The number of carbonyl (C=O) groups excluding carboxylic acids is 2. The van der Waals surface area contributed by atoms with Crippen LogP contribution in [0.5, 0.6) is 0 Å². The van der Waals surface area contributed by atoms with Crippen molar-refractivity contribution in [1.29, 1.82) is 0 Å². The number of benzene rings is 1. The quantitative estimate of drug-likeness (QED) is 0.410. The SMILES string of the molecule is CN(C(=O)OC(C)(C)C)c1cc(F)cc2c1[nH]c1nc(S(C)(=O)=O)nc(N3CC4CC3C[C@H]4NC(=O)OC(C)(C)C)c12. The zero-order chi connectivity index (χ0) is 30.9. The van der Waals surface area contributed by atoms with E-state index in [1.807, 2.05) is 4.90 Å². The third-order valence-corrected chi connectivity index (χ3v) is 8.19. The summed E-state index contributed by atoms with van der Waals surface area (Å²) in [7, 11) is -2.34. The number of rotatable bonds is 4. The molecule has 14 heteroatoms. The van der Waals surface area contributed by atoms with Crippen molar-refractivity contribution < 1.29 is 31.9 Å². The van der Waals surface area contributed by atoms with Crippen molar-refractivity contribution in [3.05, 3.63) is 17.9 Å². The molecule has 0 radical (unpaired) electrons. The highest BCUT2D eigenvalue weighted by atomic mass is 32.2. The molecule has 3 atom stereocenters. The maximum absolute atomic E-state index is 15.1. The van der Waals surface area contributed by atoms with Gasteiger partial charge < -0.3 is 24.7 Å². The van der Waals surface area contributed by atoms with E-state index in [1.165, 1.54) is 24.1 Å². The highest BCUT2D eigenvalue weighted by molar-refractivity contribution is 7.90. The van der Waals surface area contributed by atoms with Gasteiger partial charge in [-0.15, -0.1) is 0 Å². The number of ether oxygens (including phenoxy) is 2. The number of sulfone groups is 1. The number of H-pyrrole nitrogens is 1. The van der Waals surface area contributed by atoms with Gasteiger partial charge in [-0.2, -0.15) is 4.98 Å². The zero-order valence-electron chi connectivity index (χ0n) is 25.0. The maximum atomic E-state index is 15.1. The van der Waals surface area contributed by atoms with Gasteiger partial charge >= 0.3 is 12.2 Å². The van der Waals surface area contributed by atoms with E-state index in [1.54, 1.807) is 41.5 Å². The molecular formula is C28H37FN6O6S. The van der Waals surface area contributed by atoms with Gasteiger partial charge in [-0.05, 0) is 72.4 Å². The normalized spacial score (nSPS) is 20.8. The van der Waals surface area contributed by atoms with Gasteiger partial charge in [-0.25, -0.2) is 27.4 Å². The molecule has 2 bridgehead atoms. The molecule has 1 aliphatic heterocycles. The van der Waals surface area contributed by atoms with Gasteiger partial charge in [0.2, 0.25) is 9.84 Å². The lowest BCUT2D eigenvalue weighted by Crippen LogP contribution is -2.47. The number of piperidine rings is 1. The van der Waals surface area contributed by atoms with Crippen LogP contribution in [0, 0.1) is 11.7 Å². The molecule has 1 saturated heterocycles. The number of fused-ring (bicyclic) bond motifs is 5. The van der Waals surface area contributed by atoms with Crippen LogP contribution in [0.25, 0.3) is 21.9 Å². The molecule has 2 amide bonds. The molecule has 2 unspecified atom stereocenters. The first-order valence-corrected chi connectivity index (χ1v) is 15.7. The molecular weight excluding hydrogens is 567 g/mol. The van der Waals surface area contributed by atoms with Crippen LogP contribution >= 0.6 is 0 Å². The lowest BCUT2D eigenvalue weighted by atomic mass is 10.0. The number of carbonyl (C=O) groups is 2. The van der Waals surface area contributed by atoms with E-state index in [9.17, 15) is 18.0 Å². The molecule has 3 aromatic rings. The van der Waals surface area contributed by atoms with Gasteiger partial charge in [0.1, 0.15) is 28.5 Å². The molecule has 2 aromatic heterocycles. The van der Waals surface area contributed by atoms with Crippen LogP contribution in [0.2, 0.25) is 0 Å². The Kier molecular flexibility index (Phi) is 7.06. The Morgan fingerprint density at radius 3 is 2.33 bits per heavy atom. The summed E-state index contributed by atoms with van der Waals surface area (Å²) >= 11 is 0. The van der Waals surface area contributed by atoms with Crippen molar-refractivity contribution in [3.63, 3.8) is 0 Å². The summed E-state index contributed by atoms with van der Waals surface area (Å²) in [6.45, 7) is 11.1. The van der Waals surface area contributed by atoms with Crippen molar-refractivity contribution in [2.45, 2.75) is 82.8 Å². The molecule has 12 nitrogen and oxygen atoms in total. The van der Waals surface area contributed by atoms with E-state index < -0.39 is 39.0 Å². The molecule has 1 saturated carbocycles. The van der Waals surface area contributed by atoms with Gasteiger partial charge in [-0.3, -0.25) is 4.90 Å². The number of halogens is 1. The minimum Gasteiger partial charge on any atom is -0.444 e. The maximum Gasteiger partial charge on any atom is 0.414 e. The van der Waals surface area contributed by atoms with Crippen LogP contribution in [-0.2, 0) is 19.3 Å². The van der Waals surface area contributed by atoms with Crippen molar-refractivity contribution in [2.24, 2.45) is 5.92 Å². The van der Waals surface area contributed by atoms with E-state index in [2.05, 4.69) is 20.3 Å². The average molecular weight is 605 g/mol. The van der Waals surface area contributed by atoms with Crippen LogP contribution in [-0.4, -0.2) is 78.7 Å². The minimum absolute atomic E-state index is 0.0529. The number of anilines is 2. The number of hydrogen-bond acceptors (Lipinski definition) is 9. The van der Waals surface area contributed by atoms with Crippen molar-refractivity contribution >= 4 is 55.5 Å². The second-order valence-electron chi connectivity index (χ2n) is 13.1. The molecule has 5 rings (SSSR count). The monoisotopic (exact) mass is 604 g/mol. The van der Waals surface area contributed by atoms with Gasteiger partial charge in [0.25, 0.3) is 5.16 Å². The first kappa shape index (κ1) is 29.8. The zero-order valence-corrected chi connectivity index (χ0v) is 25.8. The predicted molar refractivity (Wildman–Crippen MR) is 156 cm³/mol. The fraction of sp³-hybridized carbons (Fsp3) is 0.571. The number of amides is 2. The number of nitrogens with zero attached hydrogens (tertiary/aromatic N) is 4. The van der Waals surface area contributed by atoms with E-state index >= 15 is 4.39 Å². The van der Waals surface area contributed by atoms with E-state index in [4.69, 9.17) is 9.47 Å². The van der Waals surface area contributed by atoms with E-state index in [0.717, 1.165) is 12.7 Å². The van der Waals surface area contributed by atoms with Crippen LogP contribution in [0.3, 0.4) is 0 Å². The van der Waals surface area contributed by atoms with E-state index in [-0.39, 0.29) is 34.5 Å². The average Bonchev–Trinajstić information content (AvgIpc) is 3.52. The minimum atomic E-state index is -3.81. The van der Waals surface area contributed by atoms with Crippen LogP contribution < -0.4 is 15.1 Å². The highest BCUT2D eigenvalue weighted by Gasteiger charge is 2.47. The van der Waals surface area contributed by atoms with Crippen molar-refractivity contribution in [3.8, 4) is 0 Å². The van der Waals surface area contributed by atoms with Gasteiger partial charge in [-0.1, -0.05) is 0 Å². The summed E-state index contributed by atoms with van der Waals surface area (Å²) in [6, 6.07) is 2.36. The number of nitrogens with one attached hydrogen (secondary N) is 2. The number of hydrogen-bond donors (Lipinski definition) is 2. The standard InChI is InChI=1S/C28H37FN6O6S/c1-27(2,3)40-25(36)30-18-12-16-9-14(18)13-35(16)23-20-17-10-15(29)11-19(34(7)26(37)41-28(4,5)6)21(17)31-22(20)32-24(33-23)42(8,38)39/h10-11,14,16,18H,9,12-13H2,1-8H3,(H,30,36)(H,31,32,33)/t14?,16?,18-/m1/s1. The number of aromatic nitrogens is 3. The molecule has 0 spiro atoms. The summed E-state index contributed by atoms with van der Waals surface area (Å²) in [5.74, 6) is -0.173. The van der Waals surface area contributed by atoms with E-state index in [0.29, 0.717) is 35.1 Å². The van der Waals surface area contributed by atoms with Crippen LogP contribution in [0.4, 0.5) is 25.5 Å². The third kappa shape index (κ3) is 5.81. The smallest absolute Gasteiger partial charge is 0.414 e. The Labute approximate surface area is 243 Å². The first-order valence-electron chi connectivity index (χ1n) is 13.8. The van der Waals surface area contributed by atoms with Gasteiger partial charge in [0.15, 0.2) is 0 Å². The Balaban J connectivity index is 1.57. The molecule has 2 aliphatic rings. The number of alkyl carbamates (subject to hydrolysis) is 1. The summed E-state index contributed by atoms with van der Waals surface area (Å²) in [5, 5.41) is 3.44. The molecule has 2 fully saturated rings. The fourth-order valence-corrected chi connectivity index (χ4v) is 6.23. The van der Waals surface area contributed by atoms with Gasteiger partial charge in [0, 0.05) is 37.3 Å². The van der Waals surface area contributed by atoms with Crippen LogP contribution in [0.15, 0.2) is 17.3 Å². The molecule has 3 heterocycles. The molecule has 2 N–H and O–H groups in total. The highest BCUT2D eigenvalue weighted by Crippen LogP contribution is 2.44. The second kappa shape index (κ2) is 9.96. The first-order chi connectivity index (χ1) is 19.3. The van der Waals surface area contributed by atoms with Gasteiger partial charge in [0.05, 0.1) is 16.6 Å². The lowest BCUT2D eigenvalue weighted by Gasteiger charge is -2.33. The summed E-state index contributed by atoms with van der Waals surface area (Å²) < 4.78 is 51.2. The Morgan fingerprint density at radius 2 is 1.76 bits per heavy atom. The number of aromatic amines is 1. The largest absolute Gasteiger partial charge is 0.444 e. The second-order valence-corrected chi connectivity index (χ2v) is 15.0. The lowest BCUT2D eigenvalue weighted by molar-refractivity contribution is 0.0490. The molecule has 42 heavy (non-hydrogen) atoms. The predicted octanol–water partition coefficient (Wildman–Crippen LogP) is 4.52. The Morgan fingerprint density at radius 1 is 1.10 bits per heavy atom. The molecule has 1 aromatic carbocycles. The summed E-state index contributed by atoms with van der Waals surface area (Å²) in [5.41, 5.74) is -0.606. The third-order valence-electron chi connectivity index (χ3n) is 7.34. The summed E-state index contributed by atoms with van der Waals surface area (Å²) in [6.07, 6.45) is 1.22. The van der Waals surface area contributed by atoms with Crippen LogP contribution in [0.1, 0.15) is 54.4 Å². The molecule has 228 valence electrons. The summed E-state index contributed by atoms with van der Waals surface area (Å²) in [4.78, 5) is 40.4. The van der Waals surface area contributed by atoms with Crippen molar-refractivity contribution in [2.75, 3.05) is 29.6 Å². The topological polar surface area (TPSA) is 147 Å². The fourth-order valence-electron chi connectivity index (χ4n) is 5.72. The Hall–Kier alpha value is -3.68. The molecule has 1 aliphatic carbocycles. The van der Waals surface area contributed by atoms with Crippen molar-refractivity contribution in [1.82, 2.24) is 20.3 Å². The Bertz CT molecular complexity index is 1690.